The number of ether oxygens (including phenoxy) is 1. The molecule has 0 aromatic rings. The second-order valence-electron chi connectivity index (χ2n) is 10.3. The van der Waals surface area contributed by atoms with Gasteiger partial charge in [0.05, 0.1) is 6.61 Å². The average Bonchev–Trinajstić information content (AvgIpc) is 2.80. The zero-order valence-electron chi connectivity index (χ0n) is 26.8. The Morgan fingerprint density at radius 3 is 1.38 bits per heavy atom. The van der Waals surface area contributed by atoms with Gasteiger partial charge in [0.25, 0.3) is 0 Å². The quantitative estimate of drug-likeness (QED) is 0.0593. The molecule has 0 rings (SSSR count). The van der Waals surface area contributed by atoms with E-state index in [0.717, 1.165) is 12.8 Å². The molecule has 0 saturated carbocycles. The van der Waals surface area contributed by atoms with Gasteiger partial charge < -0.3 is 14.9 Å². The third kappa shape index (κ3) is 78.8. The van der Waals surface area contributed by atoms with Crippen molar-refractivity contribution in [2.45, 2.75) is 170 Å². The van der Waals surface area contributed by atoms with Gasteiger partial charge in [0, 0.05) is 0 Å². The maximum Gasteiger partial charge on any atom is 3.00 e. The summed E-state index contributed by atoms with van der Waals surface area (Å²) in [5, 5.41) is 19.1. The van der Waals surface area contributed by atoms with Crippen LogP contribution in [0.5, 0.6) is 0 Å². The number of rotatable bonds is 19. The fraction of sp³-hybridized carbons (Fsp3) is 0.871. The Balaban J connectivity index is -0.000000227. The first-order valence-corrected chi connectivity index (χ1v) is 15.3. The largest absolute Gasteiger partial charge is 3.00 e. The fourth-order valence-electron chi connectivity index (χ4n) is 2.79. The second kappa shape index (κ2) is 42.3. The van der Waals surface area contributed by atoms with Crippen LogP contribution in [0.4, 0.5) is 0 Å². The smallest absolute Gasteiger partial charge is 0.465 e. The van der Waals surface area contributed by atoms with Crippen molar-refractivity contribution in [2.75, 3.05) is 6.61 Å². The van der Waals surface area contributed by atoms with Crippen LogP contribution in [0.25, 0.3) is 0 Å². The van der Waals surface area contributed by atoms with Gasteiger partial charge in [-0.15, -0.1) is 12.2 Å². The Labute approximate surface area is 262 Å². The molecule has 0 bridgehead atoms. The number of carbonyl (C=O) groups is 2. The molecule has 0 aliphatic heterocycles. The summed E-state index contributed by atoms with van der Waals surface area (Å²) in [5.74, 6) is -0.522. The van der Waals surface area contributed by atoms with E-state index >= 15 is 0 Å². The van der Waals surface area contributed by atoms with Crippen molar-refractivity contribution in [3.8, 4) is 0 Å². The van der Waals surface area contributed by atoms with Crippen molar-refractivity contribution < 1.29 is 28.3 Å². The summed E-state index contributed by atoms with van der Waals surface area (Å²) in [4.78, 5) is 21.9. The molecule has 0 aliphatic carbocycles. The number of ketones is 1. The minimum atomic E-state index is -0.417. The van der Waals surface area contributed by atoms with Gasteiger partial charge in [-0.1, -0.05) is 105 Å². The fourth-order valence-corrected chi connectivity index (χ4v) is 2.79. The number of unbranched alkanes of at least 4 members (excludes halogenated alkanes) is 12. The summed E-state index contributed by atoms with van der Waals surface area (Å²) in [6, 6.07) is 0. The molecule has 0 unspecified atom stereocenters. The van der Waals surface area contributed by atoms with Gasteiger partial charge in [0.15, 0.2) is 0 Å². The van der Waals surface area contributed by atoms with E-state index in [-0.39, 0.29) is 35.5 Å². The zero-order chi connectivity index (χ0) is 30.0. The molecule has 0 heterocycles. The van der Waals surface area contributed by atoms with Gasteiger partial charge >= 0.3 is 63.7 Å². The Kier molecular flexibility index (Phi) is 52.7. The van der Waals surface area contributed by atoms with E-state index in [1.165, 1.54) is 84.0 Å². The third-order valence-corrected chi connectivity index (χ3v) is 5.13. The van der Waals surface area contributed by atoms with Crippen molar-refractivity contribution in [1.82, 2.24) is 0 Å². The average molecular weight is 584 g/mol. The summed E-state index contributed by atoms with van der Waals surface area (Å²) >= 11 is 2.19. The Hall–Kier alpha value is -0.175. The number of allylic oxidation sites excluding steroid dienone is 2. The molecule has 0 aromatic heterocycles. The number of hydrogen-bond donors (Lipinski definition) is 0. The van der Waals surface area contributed by atoms with E-state index in [9.17, 15) is 19.8 Å². The van der Waals surface area contributed by atoms with Crippen LogP contribution >= 0.6 is 0 Å². The molecule has 0 radical (unpaired) electrons. The standard InChI is InChI=1S/C22H40O3.3C3H7O.2Al/c1-3-4-5-6-7-8-9-10-11-12-13-14-15-16-17-18-19-25-22(24)20-21(2)23;3*1-3(2)4;;/h10-11H,3-9,12-20H2,1-2H3;3*3H,1-2H3;;/q;3*-1;2*+3. The van der Waals surface area contributed by atoms with Crippen LogP contribution in [0.15, 0.2) is 12.2 Å². The van der Waals surface area contributed by atoms with Crippen LogP contribution in [0.2, 0.25) is 0 Å². The first-order chi connectivity index (χ1) is 17.9. The van der Waals surface area contributed by atoms with Gasteiger partial charge in [0.1, 0.15) is 12.2 Å². The Morgan fingerprint density at radius 2 is 1.05 bits per heavy atom. The molecule has 224 valence electrons. The van der Waals surface area contributed by atoms with Crippen molar-refractivity contribution in [3.05, 3.63) is 12.2 Å². The molecule has 0 spiro atoms. The van der Waals surface area contributed by atoms with Gasteiger partial charge in [-0.3, -0.25) is 9.59 Å². The van der Waals surface area contributed by atoms with Crippen molar-refractivity contribution in [3.63, 3.8) is 0 Å². The predicted octanol–water partition coefficient (Wildman–Crippen LogP) is 6.17. The van der Waals surface area contributed by atoms with Gasteiger partial charge in [0.2, 0.25) is 0 Å². The summed E-state index contributed by atoms with van der Waals surface area (Å²) in [6.45, 7) is 14.5. The van der Waals surface area contributed by atoms with E-state index in [1.54, 1.807) is 27.7 Å². The Bertz CT molecular complexity index is 486. The van der Waals surface area contributed by atoms with E-state index in [1.807, 2.05) is 13.8 Å². The molecular formula is C31H61Al2O6+3. The molecule has 0 fully saturated rings. The molecular weight excluding hydrogens is 522 g/mol. The van der Waals surface area contributed by atoms with Crippen LogP contribution in [0.3, 0.4) is 0 Å². The molecule has 8 heteroatoms. The summed E-state index contributed by atoms with van der Waals surface area (Å²) in [7, 11) is 0. The number of esters is 1. The molecule has 0 saturated heterocycles. The number of carbonyl (C=O) groups excluding carboxylic acids is 2. The summed E-state index contributed by atoms with van der Waals surface area (Å²) < 4.78 is 9.67. The van der Waals surface area contributed by atoms with Crippen LogP contribution in [-0.4, -0.2) is 70.7 Å². The van der Waals surface area contributed by atoms with Crippen LogP contribution < -0.4 is 10.2 Å². The van der Waals surface area contributed by atoms with Crippen LogP contribution in [-0.2, 0) is 18.1 Å². The van der Waals surface area contributed by atoms with Gasteiger partial charge in [-0.05, 0) is 39.0 Å². The molecule has 6 nitrogen and oxygen atoms in total. The van der Waals surface area contributed by atoms with E-state index in [2.05, 4.69) is 39.5 Å². The SMILES string of the molecule is CC(C)[O-].CC(C)[O-].CC(C)[O][Al+2].CCCCCCCCC=CCCCCCCCCOC(=O)CC(C)=O.[Al+3]. The van der Waals surface area contributed by atoms with Crippen LogP contribution in [0.1, 0.15) is 152 Å². The third-order valence-electron chi connectivity index (χ3n) is 4.58. The van der Waals surface area contributed by atoms with Crippen molar-refractivity contribution >= 4 is 45.7 Å². The van der Waals surface area contributed by atoms with Gasteiger partial charge in [-0.25, -0.2) is 0 Å². The van der Waals surface area contributed by atoms with Crippen molar-refractivity contribution in [2.24, 2.45) is 0 Å². The van der Waals surface area contributed by atoms with E-state index < -0.39 is 12.2 Å². The first kappa shape index (κ1) is 48.6. The molecule has 0 N–H and O–H groups in total. The van der Waals surface area contributed by atoms with Gasteiger partial charge in [-0.2, -0.15) is 0 Å². The molecule has 0 aromatic carbocycles. The van der Waals surface area contributed by atoms with Crippen LogP contribution in [0, 0.1) is 0 Å². The summed E-state index contributed by atoms with van der Waals surface area (Å²) in [5.41, 5.74) is 0. The molecule has 0 amide bonds. The minimum absolute atomic E-state index is 0. The maximum absolute atomic E-state index is 11.2. The first-order valence-electron chi connectivity index (χ1n) is 14.9. The molecule has 0 aliphatic rings. The zero-order valence-corrected chi connectivity index (χ0v) is 29.1. The molecule has 0 atom stereocenters. The van der Waals surface area contributed by atoms with E-state index in [4.69, 9.17) is 4.74 Å². The molecule has 39 heavy (non-hydrogen) atoms. The summed E-state index contributed by atoms with van der Waals surface area (Å²) in [6.07, 6.45) is 21.8. The maximum atomic E-state index is 11.2. The number of Topliss-reactive ketones (excluding diaryl/α,β-unsaturated/α-hetero) is 1. The van der Waals surface area contributed by atoms with Crippen molar-refractivity contribution in [1.29, 1.82) is 0 Å². The topological polar surface area (TPSA) is 98.7 Å². The van der Waals surface area contributed by atoms with E-state index in [0.29, 0.717) is 12.7 Å². The minimum Gasteiger partial charge on any atom is -0.465 e. The predicted molar refractivity (Wildman–Crippen MR) is 164 cm³/mol. The number of hydrogen-bond acceptors (Lipinski definition) is 6. The normalized spacial score (nSPS) is 10.2. The second-order valence-corrected chi connectivity index (χ2v) is 10.6. The Morgan fingerprint density at radius 1 is 0.718 bits per heavy atom. The monoisotopic (exact) mass is 583 g/mol.